The highest BCUT2D eigenvalue weighted by Gasteiger charge is 2.41. The van der Waals surface area contributed by atoms with E-state index in [9.17, 15) is 13.7 Å². The number of hydrogen-bond acceptors (Lipinski definition) is 0. The van der Waals surface area contributed by atoms with Crippen LogP contribution in [0.5, 0.6) is 0 Å². The van der Waals surface area contributed by atoms with Crippen molar-refractivity contribution in [3.8, 4) is 17.1 Å². The van der Waals surface area contributed by atoms with Crippen LogP contribution in [-0.4, -0.2) is 21.8 Å². The Kier molecular flexibility index (Phi) is 6.27. The Hall–Kier alpha value is -9.74. The average Bonchev–Trinajstić information content (AvgIpc) is 1.52. The van der Waals surface area contributed by atoms with Gasteiger partial charge < -0.3 is 13.7 Å². The highest BCUT2D eigenvalue weighted by atomic mass is 28.3. The van der Waals surface area contributed by atoms with Gasteiger partial charge in [-0.3, -0.25) is 0 Å². The van der Waals surface area contributed by atoms with Crippen LogP contribution in [0, 0.1) is 0 Å². The van der Waals surface area contributed by atoms with E-state index in [1.165, 1.54) is 0 Å². The standard InChI is InChI=1S/C72H47N3Si/c1-4-20-51(21-5-1)76(52-22-6-2-7-23-52,53-24-8-3-9-25-53)54-40-36-48(37-41-54)73-69-44-39-50(47-64(69)72-70(73)45-42-62-57-28-11-10-26-55(57)56-27-12-13-32-61(56)71(62)72)75-67-35-19-16-31-60(67)63-46-49(38-43-68(63)75)74-65-33-17-14-29-58(65)59-30-15-18-34-66(59)74/h1-47H/i14D,15D,16D,17D,18D,19D,29D,30D,31D,33D,34D,35D,38D,39D,43D,44D,46D,47D. The van der Waals surface area contributed by atoms with Crippen molar-refractivity contribution in [1.82, 2.24) is 13.7 Å². The summed E-state index contributed by atoms with van der Waals surface area (Å²) in [6.45, 7) is 0. The molecule has 16 aromatic rings. The van der Waals surface area contributed by atoms with Gasteiger partial charge in [0.05, 0.1) is 57.8 Å². The summed E-state index contributed by atoms with van der Waals surface area (Å²) in [5, 5.41) is 8.78. The molecule has 76 heavy (non-hydrogen) atoms. The maximum atomic E-state index is 10.9. The Morgan fingerprint density at radius 3 is 1.12 bits per heavy atom. The van der Waals surface area contributed by atoms with Crippen molar-refractivity contribution in [1.29, 1.82) is 0 Å². The van der Waals surface area contributed by atoms with Gasteiger partial charge in [0.2, 0.25) is 0 Å². The fourth-order valence-electron chi connectivity index (χ4n) is 12.1. The zero-order chi connectivity index (χ0) is 65.6. The Labute approximate surface area is 465 Å². The summed E-state index contributed by atoms with van der Waals surface area (Å²) < 4.78 is 175. The molecule has 0 radical (unpaired) electrons. The molecule has 3 aromatic heterocycles. The Balaban J connectivity index is 1.06. The molecule has 0 fully saturated rings. The second-order valence-corrected chi connectivity index (χ2v) is 22.7. The van der Waals surface area contributed by atoms with Crippen molar-refractivity contribution in [2.75, 3.05) is 0 Å². The third-order valence-electron chi connectivity index (χ3n) is 15.2. The highest BCUT2D eigenvalue weighted by Crippen LogP contribution is 2.45. The van der Waals surface area contributed by atoms with Crippen LogP contribution < -0.4 is 20.7 Å². The molecule has 0 N–H and O–H groups in total. The van der Waals surface area contributed by atoms with E-state index in [0.717, 1.165) is 56.8 Å². The molecule has 0 atom stereocenters. The number of nitrogens with zero attached hydrogens (tertiary/aromatic N) is 3. The molecule has 3 nitrogen and oxygen atoms in total. The molecule has 3 heterocycles. The maximum absolute atomic E-state index is 10.9. The van der Waals surface area contributed by atoms with E-state index in [4.69, 9.17) is 11.0 Å². The first kappa shape index (κ1) is 28.6. The van der Waals surface area contributed by atoms with Crippen molar-refractivity contribution >= 4 is 127 Å². The lowest BCUT2D eigenvalue weighted by atomic mass is 9.92. The molecule has 0 aliphatic heterocycles. The van der Waals surface area contributed by atoms with E-state index in [0.29, 0.717) is 22.0 Å². The van der Waals surface area contributed by atoms with Crippen molar-refractivity contribution in [2.45, 2.75) is 0 Å². The summed E-state index contributed by atoms with van der Waals surface area (Å²) in [6, 6.07) is 46.9. The van der Waals surface area contributed by atoms with Gasteiger partial charge in [-0.2, -0.15) is 0 Å². The number of rotatable bonds is 7. The molecule has 0 aliphatic carbocycles. The smallest absolute Gasteiger partial charge is 0.179 e. The summed E-state index contributed by atoms with van der Waals surface area (Å²) >= 11 is 0. The molecular weight excluding hydrogens is 935 g/mol. The Morgan fingerprint density at radius 2 is 0.605 bits per heavy atom. The van der Waals surface area contributed by atoms with Gasteiger partial charge >= 0.3 is 0 Å². The second kappa shape index (κ2) is 16.6. The minimum atomic E-state index is -3.08. The molecule has 0 saturated heterocycles. The van der Waals surface area contributed by atoms with Crippen LogP contribution in [0.25, 0.3) is 115 Å². The van der Waals surface area contributed by atoms with E-state index in [1.54, 1.807) is 0 Å². The average molecular weight is 1000 g/mol. The van der Waals surface area contributed by atoms with Crippen LogP contribution >= 0.6 is 0 Å². The molecule has 4 heteroatoms. The normalized spacial score (nSPS) is 15.5. The lowest BCUT2D eigenvalue weighted by Gasteiger charge is -2.34. The van der Waals surface area contributed by atoms with E-state index in [1.807, 2.05) is 95.6 Å². The van der Waals surface area contributed by atoms with Gasteiger partial charge in [0.15, 0.2) is 8.07 Å². The summed E-state index contributed by atoms with van der Waals surface area (Å²) in [5.41, 5.74) is -1.47. The van der Waals surface area contributed by atoms with Gasteiger partial charge in [-0.1, -0.05) is 212 Å². The minimum Gasteiger partial charge on any atom is -0.309 e. The lowest BCUT2D eigenvalue weighted by molar-refractivity contribution is 1.16. The van der Waals surface area contributed by atoms with Gasteiger partial charge in [0.25, 0.3) is 0 Å². The summed E-state index contributed by atoms with van der Waals surface area (Å²) in [6.07, 6.45) is 0. The van der Waals surface area contributed by atoms with Crippen molar-refractivity contribution in [2.24, 2.45) is 0 Å². The first-order valence-corrected chi connectivity index (χ1v) is 26.9. The van der Waals surface area contributed by atoms with Crippen LogP contribution in [0.4, 0.5) is 0 Å². The summed E-state index contributed by atoms with van der Waals surface area (Å²) in [7, 11) is -3.08. The van der Waals surface area contributed by atoms with Crippen LogP contribution in [-0.2, 0) is 0 Å². The molecule has 0 aliphatic rings. The number of para-hydroxylation sites is 3. The van der Waals surface area contributed by atoms with Gasteiger partial charge in [0, 0.05) is 54.8 Å². The van der Waals surface area contributed by atoms with Gasteiger partial charge in [-0.15, -0.1) is 0 Å². The fraction of sp³-hybridized carbons (Fsp3) is 0. The quantitative estimate of drug-likeness (QED) is 0.0859. The van der Waals surface area contributed by atoms with Gasteiger partial charge in [0.1, 0.15) is 0 Å². The molecule has 0 saturated carbocycles. The van der Waals surface area contributed by atoms with E-state index >= 15 is 0 Å². The van der Waals surface area contributed by atoms with Crippen LogP contribution in [0.1, 0.15) is 24.7 Å². The third kappa shape index (κ3) is 6.04. The third-order valence-corrected chi connectivity index (χ3v) is 20.0. The number of hydrogen-bond donors (Lipinski definition) is 0. The highest BCUT2D eigenvalue weighted by molar-refractivity contribution is 7.19. The predicted octanol–water partition coefficient (Wildman–Crippen LogP) is 15.8. The molecule has 0 unspecified atom stereocenters. The van der Waals surface area contributed by atoms with Crippen molar-refractivity contribution in [3.63, 3.8) is 0 Å². The van der Waals surface area contributed by atoms with E-state index < -0.39 is 156 Å². The molecule has 0 spiro atoms. The van der Waals surface area contributed by atoms with Crippen LogP contribution in [0.2, 0.25) is 0 Å². The van der Waals surface area contributed by atoms with Crippen molar-refractivity contribution < 1.29 is 24.7 Å². The van der Waals surface area contributed by atoms with Gasteiger partial charge in [-0.25, -0.2) is 0 Å². The zero-order valence-corrected chi connectivity index (χ0v) is 41.1. The van der Waals surface area contributed by atoms with Crippen LogP contribution in [0.3, 0.4) is 0 Å². The van der Waals surface area contributed by atoms with Gasteiger partial charge in [-0.05, 0) is 120 Å². The predicted molar refractivity (Wildman–Crippen MR) is 326 cm³/mol. The number of aromatic nitrogens is 3. The summed E-state index contributed by atoms with van der Waals surface area (Å²) in [4.78, 5) is 0. The topological polar surface area (TPSA) is 14.8 Å². The summed E-state index contributed by atoms with van der Waals surface area (Å²) in [5.74, 6) is 0. The molecule has 13 aromatic carbocycles. The van der Waals surface area contributed by atoms with Crippen molar-refractivity contribution in [3.05, 3.63) is 285 Å². The lowest BCUT2D eigenvalue weighted by Crippen LogP contribution is -2.74. The molecule has 16 rings (SSSR count). The SMILES string of the molecule is [2H]c1c([2H])c([2H])c2c(c1[2H])c1c([2H])c([2H])c([2H])c([2H])c1n2-c1c([2H])c([2H])c2c(c1[2H])c1c([2H])c([2H])c([2H])c([2H])c1n2-c1c([2H])c([2H])c2c(c1[2H])c1c3c4ccccc4c4ccccc4c3ccc1n2-c1ccc([Si](c2ccccc2)(c2ccccc2)c2ccccc2)cc1. The van der Waals surface area contributed by atoms with E-state index in [-0.39, 0.29) is 27.1 Å². The first-order valence-electron chi connectivity index (χ1n) is 33.9. The van der Waals surface area contributed by atoms with E-state index in [2.05, 4.69) is 84.9 Å². The maximum Gasteiger partial charge on any atom is 0.179 e. The Bertz CT molecular complexity index is 5860. The minimum absolute atomic E-state index is 0.155. The number of benzene rings is 13. The first-order chi connectivity index (χ1) is 45.2. The number of fused-ring (bicyclic) bond motifs is 16. The monoisotopic (exact) mass is 999 g/mol. The zero-order valence-electron chi connectivity index (χ0n) is 58.1. The second-order valence-electron chi connectivity index (χ2n) is 18.9. The molecule has 0 bridgehead atoms. The molecular formula is C72H47N3Si. The Morgan fingerprint density at radius 1 is 0.237 bits per heavy atom. The van der Waals surface area contributed by atoms with Crippen LogP contribution in [0.15, 0.2) is 285 Å². The largest absolute Gasteiger partial charge is 0.309 e. The fourth-order valence-corrected chi connectivity index (χ4v) is 16.8. The molecule has 0 amide bonds. The molecule has 354 valence electrons.